The van der Waals surface area contributed by atoms with Gasteiger partial charge in [-0.1, -0.05) is 0 Å². The number of carbonyl (C=O) groups excluding carboxylic acids is 1. The van der Waals surface area contributed by atoms with E-state index in [-0.39, 0.29) is 18.0 Å². The molecule has 1 aromatic carbocycles. The van der Waals surface area contributed by atoms with E-state index in [1.54, 1.807) is 20.4 Å². The van der Waals surface area contributed by atoms with Gasteiger partial charge in [-0.2, -0.15) is 0 Å². The van der Waals surface area contributed by atoms with Crippen molar-refractivity contribution < 1.29 is 14.3 Å². The number of aryl methyl sites for hydroxylation is 2. The number of ether oxygens (including phenoxy) is 2. The number of amides is 1. The Bertz CT molecular complexity index is 1440. The number of anilines is 1. The lowest BCUT2D eigenvalue weighted by atomic mass is 9.88. The number of H-pyrrole nitrogens is 1. The number of carbonyl (C=O) groups is 1. The predicted molar refractivity (Wildman–Crippen MR) is 172 cm³/mol. The summed E-state index contributed by atoms with van der Waals surface area (Å²) in [6.45, 7) is 10.6. The van der Waals surface area contributed by atoms with E-state index in [1.165, 1.54) is 0 Å². The number of aromatic amines is 1. The Labute approximate surface area is 255 Å². The molecule has 3 aromatic rings. The van der Waals surface area contributed by atoms with Crippen LogP contribution in [0.3, 0.4) is 0 Å². The standard InChI is InChI=1S/C34H47N5O4/c1-8-39(28-12-10-27(11-13-28)38(5)15-16-42-6)31-19-26(25-9-14-32(43-7)35-20-25)18-29(24(31)4)33(40)36-21-30-22(2)17-23(3)37-34(30)41/h9,14,17-20,27-28H,8,10-13,15-16,21H2,1-7H3,(H,36,40)(H,37,41)/t27-,28-. The van der Waals surface area contributed by atoms with E-state index in [9.17, 15) is 9.59 Å². The molecule has 0 spiro atoms. The predicted octanol–water partition coefficient (Wildman–Crippen LogP) is 5.02. The molecule has 1 fully saturated rings. The number of rotatable bonds is 12. The minimum absolute atomic E-state index is 0.154. The van der Waals surface area contributed by atoms with Crippen LogP contribution in [0.5, 0.6) is 5.88 Å². The Morgan fingerprint density at radius 2 is 1.77 bits per heavy atom. The number of methoxy groups -OCH3 is 2. The van der Waals surface area contributed by atoms with Gasteiger partial charge < -0.3 is 29.6 Å². The molecule has 0 atom stereocenters. The van der Waals surface area contributed by atoms with Crippen LogP contribution in [0.15, 0.2) is 41.3 Å². The van der Waals surface area contributed by atoms with Crippen molar-refractivity contribution in [3.63, 3.8) is 0 Å². The number of nitrogens with one attached hydrogen (secondary N) is 2. The average molecular weight is 590 g/mol. The topological polar surface area (TPSA) is 99.8 Å². The van der Waals surface area contributed by atoms with E-state index in [1.807, 2.05) is 45.0 Å². The maximum absolute atomic E-state index is 13.8. The average Bonchev–Trinajstić information content (AvgIpc) is 3.00. The van der Waals surface area contributed by atoms with Crippen LogP contribution < -0.4 is 20.5 Å². The Morgan fingerprint density at radius 1 is 1.05 bits per heavy atom. The van der Waals surface area contributed by atoms with Gasteiger partial charge in [0.05, 0.1) is 13.7 Å². The number of likely N-dealkylation sites (N-methyl/N-ethyl adjacent to an activating group) is 1. The molecular formula is C34H47N5O4. The molecule has 0 unspecified atom stereocenters. The van der Waals surface area contributed by atoms with Crippen LogP contribution >= 0.6 is 0 Å². The first-order valence-corrected chi connectivity index (χ1v) is 15.2. The fourth-order valence-electron chi connectivity index (χ4n) is 6.29. The van der Waals surface area contributed by atoms with E-state index in [0.29, 0.717) is 29.1 Å². The largest absolute Gasteiger partial charge is 0.481 e. The molecule has 43 heavy (non-hydrogen) atoms. The van der Waals surface area contributed by atoms with E-state index >= 15 is 0 Å². The summed E-state index contributed by atoms with van der Waals surface area (Å²) < 4.78 is 10.6. The maximum atomic E-state index is 13.8. The van der Waals surface area contributed by atoms with Gasteiger partial charge in [0, 0.05) is 79.2 Å². The first-order chi connectivity index (χ1) is 20.7. The van der Waals surface area contributed by atoms with Crippen molar-refractivity contribution in [2.45, 2.75) is 72.0 Å². The summed E-state index contributed by atoms with van der Waals surface area (Å²) >= 11 is 0. The SMILES string of the molecule is CCN(c1cc(-c2ccc(OC)nc2)cc(C(=O)NCc2c(C)cc(C)[nH]c2=O)c1C)[C@H]1CC[C@H](N(C)CCOC)CC1. The molecule has 2 N–H and O–H groups in total. The number of pyridine rings is 2. The second kappa shape index (κ2) is 14.7. The number of hydrogen-bond acceptors (Lipinski definition) is 7. The molecule has 232 valence electrons. The Hall–Kier alpha value is -3.69. The van der Waals surface area contributed by atoms with Gasteiger partial charge in [0.2, 0.25) is 5.88 Å². The van der Waals surface area contributed by atoms with Gasteiger partial charge in [-0.05, 0) is 101 Å². The lowest BCUT2D eigenvalue weighted by Crippen LogP contribution is -2.44. The van der Waals surface area contributed by atoms with Crippen molar-refractivity contribution in [3.8, 4) is 17.0 Å². The van der Waals surface area contributed by atoms with Crippen LogP contribution in [-0.4, -0.2) is 73.8 Å². The van der Waals surface area contributed by atoms with Crippen LogP contribution in [0.4, 0.5) is 5.69 Å². The molecular weight excluding hydrogens is 542 g/mol. The molecule has 4 rings (SSSR count). The molecule has 0 radical (unpaired) electrons. The summed E-state index contributed by atoms with van der Waals surface area (Å²) in [6, 6.07) is 10.8. The number of hydrogen-bond donors (Lipinski definition) is 2. The van der Waals surface area contributed by atoms with Crippen molar-refractivity contribution in [2.24, 2.45) is 0 Å². The summed E-state index contributed by atoms with van der Waals surface area (Å²) in [7, 11) is 5.54. The van der Waals surface area contributed by atoms with Crippen LogP contribution in [0.1, 0.15) is 65.3 Å². The summed E-state index contributed by atoms with van der Waals surface area (Å²) in [5.74, 6) is 0.330. The molecule has 0 saturated heterocycles. The molecule has 2 aromatic heterocycles. The summed E-state index contributed by atoms with van der Waals surface area (Å²) in [4.78, 5) is 38.5. The lowest BCUT2D eigenvalue weighted by molar-refractivity contribution is 0.0950. The van der Waals surface area contributed by atoms with Crippen LogP contribution in [-0.2, 0) is 11.3 Å². The summed E-state index contributed by atoms with van der Waals surface area (Å²) in [5.41, 5.74) is 6.45. The van der Waals surface area contributed by atoms with E-state index in [2.05, 4.69) is 45.1 Å². The number of aromatic nitrogens is 2. The number of nitrogens with zero attached hydrogens (tertiary/aromatic N) is 3. The molecule has 2 heterocycles. The minimum Gasteiger partial charge on any atom is -0.481 e. The molecule has 0 aliphatic heterocycles. The molecule has 1 aliphatic rings. The third kappa shape index (κ3) is 7.64. The molecule has 1 saturated carbocycles. The molecule has 1 amide bonds. The first kappa shape index (κ1) is 32.2. The second-order valence-electron chi connectivity index (χ2n) is 11.6. The molecule has 1 aliphatic carbocycles. The highest BCUT2D eigenvalue weighted by atomic mass is 16.5. The summed E-state index contributed by atoms with van der Waals surface area (Å²) in [5, 5.41) is 3.02. The van der Waals surface area contributed by atoms with Gasteiger partial charge in [-0.15, -0.1) is 0 Å². The van der Waals surface area contributed by atoms with Crippen LogP contribution in [0.2, 0.25) is 0 Å². The monoisotopic (exact) mass is 589 g/mol. The highest BCUT2D eigenvalue weighted by Gasteiger charge is 2.29. The fourth-order valence-corrected chi connectivity index (χ4v) is 6.29. The zero-order valence-electron chi connectivity index (χ0n) is 26.8. The van der Waals surface area contributed by atoms with Crippen molar-refractivity contribution in [1.29, 1.82) is 0 Å². The van der Waals surface area contributed by atoms with Crippen molar-refractivity contribution in [3.05, 3.63) is 74.8 Å². The summed E-state index contributed by atoms with van der Waals surface area (Å²) in [6.07, 6.45) is 6.20. The van der Waals surface area contributed by atoms with Gasteiger partial charge in [0.15, 0.2) is 0 Å². The Morgan fingerprint density at radius 3 is 2.37 bits per heavy atom. The van der Waals surface area contributed by atoms with Crippen molar-refractivity contribution >= 4 is 11.6 Å². The third-order valence-corrected chi connectivity index (χ3v) is 8.85. The fraction of sp³-hybridized carbons (Fsp3) is 0.500. The van der Waals surface area contributed by atoms with E-state index < -0.39 is 0 Å². The van der Waals surface area contributed by atoms with Crippen LogP contribution in [0.25, 0.3) is 11.1 Å². The first-order valence-electron chi connectivity index (χ1n) is 15.2. The quantitative estimate of drug-likeness (QED) is 0.306. The van der Waals surface area contributed by atoms with E-state index in [0.717, 1.165) is 79.0 Å². The smallest absolute Gasteiger partial charge is 0.253 e. The van der Waals surface area contributed by atoms with Gasteiger partial charge >= 0.3 is 0 Å². The van der Waals surface area contributed by atoms with Gasteiger partial charge in [-0.25, -0.2) is 4.98 Å². The second-order valence-corrected chi connectivity index (χ2v) is 11.6. The Kier molecular flexibility index (Phi) is 11.0. The highest BCUT2D eigenvalue weighted by molar-refractivity contribution is 5.99. The third-order valence-electron chi connectivity index (χ3n) is 8.85. The molecule has 9 nitrogen and oxygen atoms in total. The zero-order valence-corrected chi connectivity index (χ0v) is 26.8. The molecule has 9 heteroatoms. The van der Waals surface area contributed by atoms with Gasteiger partial charge in [-0.3, -0.25) is 9.59 Å². The zero-order chi connectivity index (χ0) is 31.1. The minimum atomic E-state index is -0.207. The van der Waals surface area contributed by atoms with E-state index in [4.69, 9.17) is 9.47 Å². The van der Waals surface area contributed by atoms with Crippen molar-refractivity contribution in [2.75, 3.05) is 45.9 Å². The normalized spacial score (nSPS) is 16.7. The molecule has 0 bridgehead atoms. The van der Waals surface area contributed by atoms with Crippen molar-refractivity contribution in [1.82, 2.24) is 20.2 Å². The number of benzene rings is 1. The van der Waals surface area contributed by atoms with Gasteiger partial charge in [0.25, 0.3) is 11.5 Å². The lowest BCUT2D eigenvalue weighted by Gasteiger charge is -2.41. The highest BCUT2D eigenvalue weighted by Crippen LogP contribution is 2.36. The van der Waals surface area contributed by atoms with Crippen LogP contribution in [0, 0.1) is 20.8 Å². The maximum Gasteiger partial charge on any atom is 0.253 e. The van der Waals surface area contributed by atoms with Gasteiger partial charge in [0.1, 0.15) is 0 Å². The Balaban J connectivity index is 1.65.